The zero-order valence-corrected chi connectivity index (χ0v) is 12.7. The van der Waals surface area contributed by atoms with Crippen molar-refractivity contribution in [1.82, 2.24) is 9.78 Å². The molecule has 0 saturated carbocycles. The molecule has 0 saturated heterocycles. The maximum absolute atomic E-state index is 6.10. The lowest BCUT2D eigenvalue weighted by Gasteiger charge is -2.12. The minimum absolute atomic E-state index is 0.721. The molecule has 90 valence electrons. The lowest BCUT2D eigenvalue weighted by molar-refractivity contribution is 0.857. The number of nitrogens with two attached hydrogens (primary N) is 1. The SMILES string of the molecule is Cc1cc(C)c(-n2nc(C)c(I)c2N)c(C)c1. The van der Waals surface area contributed by atoms with Crippen molar-refractivity contribution in [2.75, 3.05) is 5.73 Å². The zero-order chi connectivity index (χ0) is 12.7. The predicted octanol–water partition coefficient (Wildman–Crippen LogP) is 3.29. The molecule has 3 nitrogen and oxygen atoms in total. The Morgan fingerprint density at radius 1 is 1.12 bits per heavy atom. The van der Waals surface area contributed by atoms with Gasteiger partial charge >= 0.3 is 0 Å². The van der Waals surface area contributed by atoms with Crippen LogP contribution < -0.4 is 5.73 Å². The van der Waals surface area contributed by atoms with Crippen molar-refractivity contribution in [3.05, 3.63) is 38.1 Å². The van der Waals surface area contributed by atoms with E-state index >= 15 is 0 Å². The van der Waals surface area contributed by atoms with Crippen molar-refractivity contribution in [2.45, 2.75) is 27.7 Å². The summed E-state index contributed by atoms with van der Waals surface area (Å²) < 4.78 is 2.88. The van der Waals surface area contributed by atoms with E-state index in [1.165, 1.54) is 16.7 Å². The van der Waals surface area contributed by atoms with Crippen LogP contribution in [0.5, 0.6) is 0 Å². The number of halogens is 1. The summed E-state index contributed by atoms with van der Waals surface area (Å²) in [6, 6.07) is 4.32. The van der Waals surface area contributed by atoms with E-state index in [9.17, 15) is 0 Å². The molecule has 1 aromatic carbocycles. The standard InChI is InChI=1S/C13H16IN3/c1-7-5-8(2)12(9(3)6-7)17-13(15)11(14)10(4)16-17/h5-6H,15H2,1-4H3. The molecule has 0 aliphatic carbocycles. The highest BCUT2D eigenvalue weighted by Crippen LogP contribution is 2.27. The van der Waals surface area contributed by atoms with Crippen LogP contribution >= 0.6 is 22.6 Å². The number of rotatable bonds is 1. The summed E-state index contributed by atoms with van der Waals surface area (Å²) in [5.74, 6) is 0.721. The van der Waals surface area contributed by atoms with Gasteiger partial charge in [-0.1, -0.05) is 17.7 Å². The van der Waals surface area contributed by atoms with Gasteiger partial charge < -0.3 is 5.73 Å². The first-order valence-electron chi connectivity index (χ1n) is 5.50. The molecule has 0 bridgehead atoms. The second kappa shape index (κ2) is 4.33. The third-order valence-electron chi connectivity index (χ3n) is 2.87. The second-order valence-electron chi connectivity index (χ2n) is 4.44. The van der Waals surface area contributed by atoms with E-state index in [4.69, 9.17) is 5.73 Å². The Morgan fingerprint density at radius 2 is 1.65 bits per heavy atom. The van der Waals surface area contributed by atoms with Crippen LogP contribution in [0.15, 0.2) is 12.1 Å². The largest absolute Gasteiger partial charge is 0.383 e. The third-order valence-corrected chi connectivity index (χ3v) is 4.20. The number of hydrogen-bond acceptors (Lipinski definition) is 2. The molecule has 0 radical (unpaired) electrons. The van der Waals surface area contributed by atoms with E-state index in [-0.39, 0.29) is 0 Å². The number of nitrogen functional groups attached to an aromatic ring is 1. The number of nitrogens with zero attached hydrogens (tertiary/aromatic N) is 2. The average Bonchev–Trinajstić information content (AvgIpc) is 2.45. The maximum atomic E-state index is 6.10. The molecular weight excluding hydrogens is 325 g/mol. The molecule has 17 heavy (non-hydrogen) atoms. The van der Waals surface area contributed by atoms with Gasteiger partial charge in [-0.3, -0.25) is 0 Å². The summed E-state index contributed by atoms with van der Waals surface area (Å²) >= 11 is 2.24. The Bertz CT molecular complexity index is 562. The van der Waals surface area contributed by atoms with Gasteiger partial charge in [-0.05, 0) is 61.4 Å². The van der Waals surface area contributed by atoms with Gasteiger partial charge in [-0.25, -0.2) is 4.68 Å². The van der Waals surface area contributed by atoms with Gasteiger partial charge in [0, 0.05) is 0 Å². The fourth-order valence-corrected chi connectivity index (χ4v) is 2.54. The highest BCUT2D eigenvalue weighted by molar-refractivity contribution is 14.1. The number of anilines is 1. The first-order valence-corrected chi connectivity index (χ1v) is 6.58. The fraction of sp³-hybridized carbons (Fsp3) is 0.308. The van der Waals surface area contributed by atoms with Crippen LogP contribution in [0.4, 0.5) is 5.82 Å². The smallest absolute Gasteiger partial charge is 0.141 e. The van der Waals surface area contributed by atoms with E-state index < -0.39 is 0 Å². The molecular formula is C13H16IN3. The molecule has 1 heterocycles. The Hall–Kier alpha value is -1.04. The number of benzene rings is 1. The molecule has 4 heteroatoms. The van der Waals surface area contributed by atoms with Crippen LogP contribution in [-0.2, 0) is 0 Å². The van der Waals surface area contributed by atoms with Crippen LogP contribution in [0.25, 0.3) is 5.69 Å². The van der Waals surface area contributed by atoms with Crippen LogP contribution in [-0.4, -0.2) is 9.78 Å². The van der Waals surface area contributed by atoms with Gasteiger partial charge in [-0.2, -0.15) is 5.10 Å². The van der Waals surface area contributed by atoms with E-state index in [0.717, 1.165) is 20.8 Å². The quantitative estimate of drug-likeness (QED) is 0.809. The molecule has 2 aromatic rings. The highest BCUT2D eigenvalue weighted by atomic mass is 127. The molecule has 0 aliphatic heterocycles. The zero-order valence-electron chi connectivity index (χ0n) is 10.5. The molecule has 0 amide bonds. The highest BCUT2D eigenvalue weighted by Gasteiger charge is 2.14. The molecule has 2 rings (SSSR count). The van der Waals surface area contributed by atoms with Gasteiger partial charge in [0.15, 0.2) is 0 Å². The molecule has 0 fully saturated rings. The lowest BCUT2D eigenvalue weighted by Crippen LogP contribution is -2.06. The van der Waals surface area contributed by atoms with Gasteiger partial charge in [0.25, 0.3) is 0 Å². The van der Waals surface area contributed by atoms with E-state index in [0.29, 0.717) is 0 Å². The van der Waals surface area contributed by atoms with Gasteiger partial charge in [0.1, 0.15) is 5.82 Å². The monoisotopic (exact) mass is 341 g/mol. The predicted molar refractivity (Wildman–Crippen MR) is 79.6 cm³/mol. The van der Waals surface area contributed by atoms with Crippen molar-refractivity contribution in [2.24, 2.45) is 0 Å². The molecule has 0 spiro atoms. The summed E-state index contributed by atoms with van der Waals surface area (Å²) in [6.45, 7) is 8.27. The van der Waals surface area contributed by atoms with Crippen LogP contribution in [0.2, 0.25) is 0 Å². The third kappa shape index (κ3) is 2.06. The minimum Gasteiger partial charge on any atom is -0.383 e. The number of aromatic nitrogens is 2. The lowest BCUT2D eigenvalue weighted by atomic mass is 10.1. The van der Waals surface area contributed by atoms with Gasteiger partial charge in [0.2, 0.25) is 0 Å². The minimum atomic E-state index is 0.721. The van der Waals surface area contributed by atoms with Crippen molar-refractivity contribution >= 4 is 28.4 Å². The van der Waals surface area contributed by atoms with Gasteiger partial charge in [0.05, 0.1) is 15.0 Å². The topological polar surface area (TPSA) is 43.8 Å². The van der Waals surface area contributed by atoms with Crippen molar-refractivity contribution in [3.8, 4) is 5.69 Å². The van der Waals surface area contributed by atoms with Crippen LogP contribution in [0.1, 0.15) is 22.4 Å². The molecule has 0 aliphatic rings. The second-order valence-corrected chi connectivity index (χ2v) is 5.52. The Morgan fingerprint density at radius 3 is 2.06 bits per heavy atom. The van der Waals surface area contributed by atoms with Crippen molar-refractivity contribution in [3.63, 3.8) is 0 Å². The summed E-state index contributed by atoms with van der Waals surface area (Å²) in [4.78, 5) is 0. The van der Waals surface area contributed by atoms with Crippen LogP contribution in [0, 0.1) is 31.3 Å². The Balaban J connectivity index is 2.73. The average molecular weight is 341 g/mol. The Kier molecular flexibility index (Phi) is 3.16. The van der Waals surface area contributed by atoms with E-state index in [2.05, 4.69) is 60.6 Å². The summed E-state index contributed by atoms with van der Waals surface area (Å²) in [5, 5.41) is 4.52. The van der Waals surface area contributed by atoms with Crippen LogP contribution in [0.3, 0.4) is 0 Å². The first kappa shape index (κ1) is 12.4. The summed E-state index contributed by atoms with van der Waals surface area (Å²) in [6.07, 6.45) is 0. The Labute approximate surface area is 115 Å². The number of hydrogen-bond donors (Lipinski definition) is 1. The molecule has 1 aromatic heterocycles. The fourth-order valence-electron chi connectivity index (χ4n) is 2.20. The number of aryl methyl sites for hydroxylation is 4. The molecule has 0 atom stereocenters. The summed E-state index contributed by atoms with van der Waals surface area (Å²) in [5.41, 5.74) is 11.8. The maximum Gasteiger partial charge on any atom is 0.141 e. The van der Waals surface area contributed by atoms with E-state index in [1.54, 1.807) is 0 Å². The molecule has 2 N–H and O–H groups in total. The van der Waals surface area contributed by atoms with Crippen molar-refractivity contribution in [1.29, 1.82) is 0 Å². The summed E-state index contributed by atoms with van der Waals surface area (Å²) in [7, 11) is 0. The van der Waals surface area contributed by atoms with E-state index in [1.807, 2.05) is 11.6 Å². The van der Waals surface area contributed by atoms with Crippen molar-refractivity contribution < 1.29 is 0 Å². The normalized spacial score (nSPS) is 10.9. The molecule has 0 unspecified atom stereocenters. The van der Waals surface area contributed by atoms with Gasteiger partial charge in [-0.15, -0.1) is 0 Å². The first-order chi connectivity index (χ1) is 7.91.